The molecule has 0 saturated heterocycles. The first kappa shape index (κ1) is 36.5. The molecular weight excluding hydrogens is 304 g/mol. The number of rotatable bonds is 0. The van der Waals surface area contributed by atoms with Gasteiger partial charge in [-0.2, -0.15) is 0 Å². The van der Waals surface area contributed by atoms with Gasteiger partial charge in [0.2, 0.25) is 0 Å². The van der Waals surface area contributed by atoms with Crippen LogP contribution in [0.15, 0.2) is 0 Å². The molecule has 0 aliphatic rings. The zero-order chi connectivity index (χ0) is 14.3. The Balaban J connectivity index is -0.0000000257. The van der Waals surface area contributed by atoms with Gasteiger partial charge in [0, 0.05) is 46.1 Å². The van der Waals surface area contributed by atoms with E-state index in [2.05, 4.69) is 0 Å². The smallest absolute Gasteiger partial charge is 0.394 e. The van der Waals surface area contributed by atoms with Crippen LogP contribution in [0.25, 0.3) is 0 Å². The minimum Gasteiger partial charge on any atom is -0.394 e. The largest absolute Gasteiger partial charge is 2.00 e. The maximum atomic E-state index is 8.06. The third-order valence-corrected chi connectivity index (χ3v) is 0. The van der Waals surface area contributed by atoms with Gasteiger partial charge in [-0.3, -0.25) is 0 Å². The van der Waals surface area contributed by atoms with Crippen molar-refractivity contribution in [3.8, 4) is 0 Å². The van der Waals surface area contributed by atoms with E-state index in [4.69, 9.17) is 20.4 Å². The number of hydrogen-bond donors (Lipinski definition) is 4. The first-order valence-electron chi connectivity index (χ1n) is 5.65. The number of hydrogen-bond acceptors (Lipinski definition) is 4. The molecule has 0 spiro atoms. The maximum absolute atomic E-state index is 8.06. The van der Waals surface area contributed by atoms with Crippen LogP contribution in [0.4, 0.5) is 0 Å². The molecule has 18 heavy (non-hydrogen) atoms. The van der Waals surface area contributed by atoms with E-state index in [0.29, 0.717) is 0 Å². The molecule has 6 heteroatoms. The summed E-state index contributed by atoms with van der Waals surface area (Å²) in [5.41, 5.74) is 0. The van der Waals surface area contributed by atoms with Crippen molar-refractivity contribution in [1.29, 1.82) is 0 Å². The monoisotopic (exact) mass is 336 g/mol. The van der Waals surface area contributed by atoms with Crippen LogP contribution < -0.4 is 0 Å². The third kappa shape index (κ3) is 2840. The van der Waals surface area contributed by atoms with Gasteiger partial charge in [-0.05, 0) is 55.4 Å². The van der Waals surface area contributed by atoms with E-state index in [1.54, 1.807) is 55.4 Å². The van der Waals surface area contributed by atoms with E-state index >= 15 is 0 Å². The molecule has 0 heterocycles. The summed E-state index contributed by atoms with van der Waals surface area (Å²) in [4.78, 5) is 0. The Labute approximate surface area is 143 Å². The van der Waals surface area contributed by atoms with Crippen molar-refractivity contribution in [3.05, 3.63) is 0 Å². The summed E-state index contributed by atoms with van der Waals surface area (Å²) in [6, 6.07) is 0. The molecule has 4 N–H and O–H groups in total. The summed E-state index contributed by atoms with van der Waals surface area (Å²) < 4.78 is 0. The second kappa shape index (κ2) is 30.9. The molecular formula is C12H32O4Ti2+2. The van der Waals surface area contributed by atoms with Gasteiger partial charge in [0.15, 0.2) is 0 Å². The molecule has 110 valence electrons. The van der Waals surface area contributed by atoms with Gasteiger partial charge >= 0.3 is 21.7 Å². The summed E-state index contributed by atoms with van der Waals surface area (Å²) in [5.74, 6) is 0. The third-order valence-electron chi connectivity index (χ3n) is 0. The standard InChI is InChI=1S/4C3H8O.2Ti/c4*1-3(2)4;;/h4*3-4H,1-2H3;;/q;;;;;+2. The molecule has 0 aromatic heterocycles. The van der Waals surface area contributed by atoms with Crippen molar-refractivity contribution >= 4 is 0 Å². The second-order valence-electron chi connectivity index (χ2n) is 4.37. The fourth-order valence-electron chi connectivity index (χ4n) is 0. The second-order valence-corrected chi connectivity index (χ2v) is 4.37. The summed E-state index contributed by atoms with van der Waals surface area (Å²) in [5, 5.41) is 32.2. The number of aliphatic hydroxyl groups is 4. The van der Waals surface area contributed by atoms with Crippen LogP contribution in [-0.4, -0.2) is 44.8 Å². The molecule has 0 unspecified atom stereocenters. The summed E-state index contributed by atoms with van der Waals surface area (Å²) >= 11 is 0. The van der Waals surface area contributed by atoms with E-state index < -0.39 is 0 Å². The average molecular weight is 336 g/mol. The maximum Gasteiger partial charge on any atom is 2.00 e. The molecule has 0 amide bonds. The molecule has 0 rings (SSSR count). The minimum absolute atomic E-state index is 0. The molecule has 0 radical (unpaired) electrons. The van der Waals surface area contributed by atoms with E-state index in [1.165, 1.54) is 0 Å². The van der Waals surface area contributed by atoms with Crippen LogP contribution >= 0.6 is 0 Å². The fourth-order valence-corrected chi connectivity index (χ4v) is 0. The zero-order valence-corrected chi connectivity index (χ0v) is 16.2. The van der Waals surface area contributed by atoms with Gasteiger partial charge < -0.3 is 20.4 Å². The first-order valence-corrected chi connectivity index (χ1v) is 5.65. The zero-order valence-electron chi connectivity index (χ0n) is 13.1. The van der Waals surface area contributed by atoms with Crippen LogP contribution in [0.3, 0.4) is 0 Å². The van der Waals surface area contributed by atoms with Crippen molar-refractivity contribution < 1.29 is 63.9 Å². The average Bonchev–Trinajstić information content (AvgIpc) is 1.76. The van der Waals surface area contributed by atoms with Crippen LogP contribution in [0.2, 0.25) is 0 Å². The van der Waals surface area contributed by atoms with Gasteiger partial charge in [0.25, 0.3) is 0 Å². The first-order chi connectivity index (χ1) is 6.93. The van der Waals surface area contributed by atoms with Crippen LogP contribution in [0.1, 0.15) is 55.4 Å². The molecule has 0 fully saturated rings. The molecule has 0 aliphatic heterocycles. The summed E-state index contributed by atoms with van der Waals surface area (Å²) in [6.07, 6.45) is -0.667. The van der Waals surface area contributed by atoms with Crippen molar-refractivity contribution in [1.82, 2.24) is 0 Å². The SMILES string of the molecule is CC(C)O.CC(C)O.CC(C)O.CC(C)O.[Ti+2].[Ti]. The summed E-state index contributed by atoms with van der Waals surface area (Å²) in [7, 11) is 0. The Kier molecular flexibility index (Phi) is 62.8. The Bertz CT molecular complexity index is 65.1. The van der Waals surface area contributed by atoms with Crippen molar-refractivity contribution in [2.24, 2.45) is 0 Å². The molecule has 0 bridgehead atoms. The summed E-state index contributed by atoms with van der Waals surface area (Å²) in [6.45, 7) is 13.8. The molecule has 0 aromatic rings. The van der Waals surface area contributed by atoms with E-state index in [0.717, 1.165) is 0 Å². The van der Waals surface area contributed by atoms with Gasteiger partial charge in [0.1, 0.15) is 0 Å². The van der Waals surface area contributed by atoms with Gasteiger partial charge in [-0.25, -0.2) is 0 Å². The number of aliphatic hydroxyl groups excluding tert-OH is 4. The van der Waals surface area contributed by atoms with E-state index in [9.17, 15) is 0 Å². The normalized spacial score (nSPS) is 8.00. The van der Waals surface area contributed by atoms with Crippen molar-refractivity contribution in [2.45, 2.75) is 79.8 Å². The molecule has 4 nitrogen and oxygen atoms in total. The molecule has 0 aromatic carbocycles. The Hall–Kier alpha value is 1.27. The minimum atomic E-state index is -0.167. The Morgan fingerprint density at radius 2 is 0.444 bits per heavy atom. The van der Waals surface area contributed by atoms with Crippen molar-refractivity contribution in [2.75, 3.05) is 0 Å². The van der Waals surface area contributed by atoms with Gasteiger partial charge in [-0.1, -0.05) is 0 Å². The Morgan fingerprint density at radius 3 is 0.444 bits per heavy atom. The van der Waals surface area contributed by atoms with Crippen LogP contribution in [-0.2, 0) is 43.4 Å². The van der Waals surface area contributed by atoms with E-state index in [1.807, 2.05) is 0 Å². The molecule has 0 aliphatic carbocycles. The molecule has 0 atom stereocenters. The van der Waals surface area contributed by atoms with Gasteiger partial charge in [-0.15, -0.1) is 0 Å². The van der Waals surface area contributed by atoms with Crippen LogP contribution in [0.5, 0.6) is 0 Å². The Morgan fingerprint density at radius 1 is 0.444 bits per heavy atom. The fraction of sp³-hybridized carbons (Fsp3) is 1.00. The predicted octanol–water partition coefficient (Wildman–Crippen LogP) is 1.54. The van der Waals surface area contributed by atoms with E-state index in [-0.39, 0.29) is 67.9 Å². The predicted molar refractivity (Wildman–Crippen MR) is 69.4 cm³/mol. The van der Waals surface area contributed by atoms with Crippen molar-refractivity contribution in [3.63, 3.8) is 0 Å². The van der Waals surface area contributed by atoms with Crippen LogP contribution in [0, 0.1) is 0 Å². The quantitative estimate of drug-likeness (QED) is 0.506. The van der Waals surface area contributed by atoms with Gasteiger partial charge in [0.05, 0.1) is 0 Å². The topological polar surface area (TPSA) is 80.9 Å². The molecule has 0 saturated carbocycles.